The average molecular weight is 801 g/mol. The lowest BCUT2D eigenvalue weighted by atomic mass is 9.45. The minimum Gasteiger partial charge on any atom is -0.375 e. The average Bonchev–Trinajstić information content (AvgIpc) is 3.75. The summed E-state index contributed by atoms with van der Waals surface area (Å²) in [4.78, 5) is 0. The fourth-order valence-electron chi connectivity index (χ4n) is 11.1. The summed E-state index contributed by atoms with van der Waals surface area (Å²) in [5.74, 6) is 0. The molecule has 0 N–H and O–H groups in total. The molecular formula is C59H53BN2. The van der Waals surface area contributed by atoms with Crippen molar-refractivity contribution in [3.05, 3.63) is 162 Å². The lowest BCUT2D eigenvalue weighted by Crippen LogP contribution is -2.55. The molecule has 2 aliphatic heterocycles. The van der Waals surface area contributed by atoms with E-state index in [4.69, 9.17) is 0 Å². The molecule has 2 aromatic heterocycles. The third-order valence-electron chi connectivity index (χ3n) is 14.4. The highest BCUT2D eigenvalue weighted by atomic mass is 15.0. The van der Waals surface area contributed by atoms with Crippen molar-refractivity contribution in [1.82, 2.24) is 9.05 Å². The fourth-order valence-corrected chi connectivity index (χ4v) is 11.1. The van der Waals surface area contributed by atoms with Crippen LogP contribution in [-0.2, 0) is 16.2 Å². The molecule has 0 saturated heterocycles. The highest BCUT2D eigenvalue weighted by molar-refractivity contribution is 6.90. The zero-order chi connectivity index (χ0) is 42.8. The molecule has 0 saturated carbocycles. The lowest BCUT2D eigenvalue weighted by Gasteiger charge is -2.35. The Bertz CT molecular complexity index is 3560. The Hall–Kier alpha value is -6.32. The van der Waals surface area contributed by atoms with E-state index in [1.807, 2.05) is 0 Å². The van der Waals surface area contributed by atoms with Crippen molar-refractivity contribution in [3.8, 4) is 39.1 Å². The van der Waals surface area contributed by atoms with Crippen LogP contribution in [-0.4, -0.2) is 15.9 Å². The molecule has 0 amide bonds. The quantitative estimate of drug-likeness (QED) is 0.154. The van der Waals surface area contributed by atoms with Crippen molar-refractivity contribution in [1.29, 1.82) is 0 Å². The summed E-state index contributed by atoms with van der Waals surface area (Å²) in [5, 5.41) is 7.95. The molecule has 0 aliphatic carbocycles. The largest absolute Gasteiger partial charge is 0.375 e. The molecule has 12 rings (SSSR count). The molecule has 62 heavy (non-hydrogen) atoms. The number of aromatic nitrogens is 2. The Morgan fingerprint density at radius 3 is 1.79 bits per heavy atom. The first-order valence-electron chi connectivity index (χ1n) is 22.5. The van der Waals surface area contributed by atoms with Crippen LogP contribution in [0.3, 0.4) is 0 Å². The van der Waals surface area contributed by atoms with E-state index >= 15 is 0 Å². The lowest BCUT2D eigenvalue weighted by molar-refractivity contribution is 0.590. The zero-order valence-electron chi connectivity index (χ0n) is 37.8. The van der Waals surface area contributed by atoms with Gasteiger partial charge in [0.2, 0.25) is 0 Å². The van der Waals surface area contributed by atoms with Crippen molar-refractivity contribution >= 4 is 72.2 Å². The molecule has 4 heterocycles. The molecule has 2 aliphatic rings. The third-order valence-corrected chi connectivity index (χ3v) is 14.4. The van der Waals surface area contributed by atoms with Crippen LogP contribution in [0.2, 0.25) is 0 Å². The molecule has 0 bridgehead atoms. The highest BCUT2D eigenvalue weighted by Crippen LogP contribution is 2.48. The molecule has 10 aromatic rings. The molecule has 0 radical (unpaired) electrons. The summed E-state index contributed by atoms with van der Waals surface area (Å²) in [7, 11) is 0. The normalized spacial score (nSPS) is 13.6. The number of rotatable bonds is 2. The van der Waals surface area contributed by atoms with Crippen LogP contribution >= 0.6 is 0 Å². The van der Waals surface area contributed by atoms with Gasteiger partial charge in [0.05, 0.1) is 11.0 Å². The minimum absolute atomic E-state index is 0.00939. The number of fused-ring (bicyclic) bond motifs is 12. The number of nitrogens with zero attached hydrogens (tertiary/aromatic N) is 2. The predicted octanol–water partition coefficient (Wildman–Crippen LogP) is 14.5. The molecule has 302 valence electrons. The van der Waals surface area contributed by atoms with Crippen molar-refractivity contribution in [2.75, 3.05) is 0 Å². The van der Waals surface area contributed by atoms with Gasteiger partial charge < -0.3 is 9.05 Å². The third kappa shape index (κ3) is 5.18. The molecule has 0 atom stereocenters. The van der Waals surface area contributed by atoms with E-state index in [1.54, 1.807) is 0 Å². The van der Waals surface area contributed by atoms with E-state index in [2.05, 4.69) is 218 Å². The van der Waals surface area contributed by atoms with Gasteiger partial charge in [0.25, 0.3) is 0 Å². The maximum Gasteiger partial charge on any atom is 0.333 e. The molecule has 0 spiro atoms. The number of hydrogen-bond acceptors (Lipinski definition) is 0. The van der Waals surface area contributed by atoms with Crippen LogP contribution in [0.25, 0.3) is 93.5 Å². The van der Waals surface area contributed by atoms with Gasteiger partial charge >= 0.3 is 6.85 Å². The van der Waals surface area contributed by atoms with Crippen molar-refractivity contribution in [2.24, 2.45) is 0 Å². The predicted molar refractivity (Wildman–Crippen MR) is 269 cm³/mol. The van der Waals surface area contributed by atoms with Crippen molar-refractivity contribution in [3.63, 3.8) is 0 Å². The summed E-state index contributed by atoms with van der Waals surface area (Å²) < 4.78 is 5.41. The Morgan fingerprint density at radius 1 is 0.419 bits per heavy atom. The molecular weight excluding hydrogens is 747 g/mol. The van der Waals surface area contributed by atoms with Crippen LogP contribution in [0.5, 0.6) is 0 Å². The van der Waals surface area contributed by atoms with Crippen LogP contribution in [0.1, 0.15) is 84.6 Å². The van der Waals surface area contributed by atoms with Crippen LogP contribution in [0.4, 0.5) is 0 Å². The van der Waals surface area contributed by atoms with E-state index in [1.165, 1.54) is 127 Å². The van der Waals surface area contributed by atoms with Gasteiger partial charge in [-0.2, -0.15) is 0 Å². The summed E-state index contributed by atoms with van der Waals surface area (Å²) in [6.07, 6.45) is 0. The summed E-state index contributed by atoms with van der Waals surface area (Å²) in [6.45, 7) is 23.3. The van der Waals surface area contributed by atoms with E-state index < -0.39 is 0 Å². The van der Waals surface area contributed by atoms with Gasteiger partial charge in [0.1, 0.15) is 0 Å². The number of benzene rings is 8. The summed E-state index contributed by atoms with van der Waals surface area (Å²) >= 11 is 0. The standard InChI is InChI=1S/C59H53BN2/c1-34-26-48-53-42-19-15-14-18-41(42)43(36-16-12-11-13-17-36)33-51(53)61-52-29-37(35-20-22-38(23-21-35)57(2,3)4)28-45-47-32-40(59(8,9)10)31-46-44-30-39(58(5,6)7)24-25-50(44)62(55(46)47)60(54(45)52)49(27-34)56(48)61/h11-33H,1-10H3. The van der Waals surface area contributed by atoms with Gasteiger partial charge in [0.15, 0.2) is 0 Å². The minimum atomic E-state index is -0.0422. The van der Waals surface area contributed by atoms with Crippen molar-refractivity contribution in [2.45, 2.75) is 85.5 Å². The topological polar surface area (TPSA) is 9.86 Å². The van der Waals surface area contributed by atoms with Gasteiger partial charge in [-0.05, 0) is 138 Å². The Morgan fingerprint density at radius 2 is 1.08 bits per heavy atom. The van der Waals surface area contributed by atoms with E-state index in [9.17, 15) is 0 Å². The van der Waals surface area contributed by atoms with Crippen LogP contribution in [0, 0.1) is 6.92 Å². The zero-order valence-corrected chi connectivity index (χ0v) is 37.8. The Labute approximate surface area is 365 Å². The molecule has 0 unspecified atom stereocenters. The molecule has 8 aromatic carbocycles. The van der Waals surface area contributed by atoms with Gasteiger partial charge in [-0.25, -0.2) is 0 Å². The van der Waals surface area contributed by atoms with Crippen LogP contribution in [0.15, 0.2) is 140 Å². The molecule has 0 fully saturated rings. The van der Waals surface area contributed by atoms with Crippen LogP contribution < -0.4 is 10.9 Å². The SMILES string of the molecule is Cc1cc2c3c(c1)c1c4ccccc4c(-c4ccccc4)cc1n3-c1cc(-c3ccc(C(C)(C)C)cc3)cc3c1B2n1c2ccc(C(C)(C)C)cc2c2cc(C(C)(C)C)cc-3c21. The van der Waals surface area contributed by atoms with E-state index in [0.29, 0.717) is 0 Å². The first-order chi connectivity index (χ1) is 29.6. The Balaban J connectivity index is 1.30. The number of aryl methyl sites for hydroxylation is 1. The number of hydrogen-bond donors (Lipinski definition) is 0. The summed E-state index contributed by atoms with van der Waals surface area (Å²) in [6, 6.07) is 54.4. The first kappa shape index (κ1) is 37.4. The Kier molecular flexibility index (Phi) is 7.50. The maximum absolute atomic E-state index is 2.74. The second-order valence-corrected chi connectivity index (χ2v) is 21.5. The van der Waals surface area contributed by atoms with Gasteiger partial charge in [-0.1, -0.05) is 159 Å². The highest BCUT2D eigenvalue weighted by Gasteiger charge is 2.43. The van der Waals surface area contributed by atoms with E-state index in [0.717, 1.165) is 0 Å². The van der Waals surface area contributed by atoms with Crippen molar-refractivity contribution < 1.29 is 0 Å². The molecule has 2 nitrogen and oxygen atoms in total. The summed E-state index contributed by atoms with van der Waals surface area (Å²) in [5.41, 5.74) is 22.4. The smallest absolute Gasteiger partial charge is 0.333 e. The first-order valence-corrected chi connectivity index (χ1v) is 22.5. The monoisotopic (exact) mass is 800 g/mol. The van der Waals surface area contributed by atoms with Gasteiger partial charge in [-0.15, -0.1) is 0 Å². The van der Waals surface area contributed by atoms with E-state index in [-0.39, 0.29) is 23.1 Å². The maximum atomic E-state index is 2.74. The van der Waals surface area contributed by atoms with Gasteiger partial charge in [-0.3, -0.25) is 0 Å². The van der Waals surface area contributed by atoms with Gasteiger partial charge in [0, 0.05) is 43.8 Å². The molecule has 3 heteroatoms. The second-order valence-electron chi connectivity index (χ2n) is 21.5. The fraction of sp³-hybridized carbons (Fsp3) is 0.220. The second kappa shape index (κ2) is 12.4.